The van der Waals surface area contributed by atoms with Gasteiger partial charge in [-0.1, -0.05) is 0 Å². The molecule has 2 fully saturated rings. The lowest BCUT2D eigenvalue weighted by molar-refractivity contribution is -0.119. The van der Waals surface area contributed by atoms with Crippen LogP contribution in [0.2, 0.25) is 0 Å². The van der Waals surface area contributed by atoms with Crippen LogP contribution in [-0.4, -0.2) is 45.5 Å². The van der Waals surface area contributed by atoms with Crippen molar-refractivity contribution in [3.63, 3.8) is 0 Å². The Labute approximate surface area is 107 Å². The SMILES string of the molecule is O=C(CCC1CCCO1)NS(=O)(=O)C1CCOC1. The summed E-state index contributed by atoms with van der Waals surface area (Å²) in [5.41, 5.74) is 0. The van der Waals surface area contributed by atoms with Crippen LogP contribution in [0.5, 0.6) is 0 Å². The molecule has 0 aromatic rings. The van der Waals surface area contributed by atoms with Gasteiger partial charge in [0.15, 0.2) is 0 Å². The minimum atomic E-state index is -3.57. The molecule has 2 heterocycles. The molecule has 0 bridgehead atoms. The predicted octanol–water partition coefficient (Wildman–Crippen LogP) is 0.181. The number of carbonyl (C=O) groups is 1. The van der Waals surface area contributed by atoms with E-state index in [1.54, 1.807) is 0 Å². The molecule has 7 heteroatoms. The average molecular weight is 277 g/mol. The summed E-state index contributed by atoms with van der Waals surface area (Å²) in [6.07, 6.45) is 3.31. The van der Waals surface area contributed by atoms with Gasteiger partial charge in [-0.25, -0.2) is 8.42 Å². The minimum absolute atomic E-state index is 0.105. The first-order valence-electron chi connectivity index (χ1n) is 6.32. The molecule has 1 N–H and O–H groups in total. The van der Waals surface area contributed by atoms with Crippen molar-refractivity contribution in [1.82, 2.24) is 4.72 Å². The van der Waals surface area contributed by atoms with Gasteiger partial charge in [0, 0.05) is 19.6 Å². The highest BCUT2D eigenvalue weighted by Crippen LogP contribution is 2.17. The van der Waals surface area contributed by atoms with Crippen molar-refractivity contribution in [3.8, 4) is 0 Å². The first kappa shape index (κ1) is 13.8. The van der Waals surface area contributed by atoms with Gasteiger partial charge >= 0.3 is 0 Å². The maximum Gasteiger partial charge on any atom is 0.240 e. The molecule has 18 heavy (non-hydrogen) atoms. The predicted molar refractivity (Wildman–Crippen MR) is 64.5 cm³/mol. The normalized spacial score (nSPS) is 28.4. The van der Waals surface area contributed by atoms with Gasteiger partial charge in [0.05, 0.1) is 12.7 Å². The number of nitrogens with one attached hydrogen (secondary N) is 1. The van der Waals surface area contributed by atoms with Crippen LogP contribution < -0.4 is 4.72 Å². The van der Waals surface area contributed by atoms with E-state index in [1.165, 1.54) is 0 Å². The number of hydrogen-bond donors (Lipinski definition) is 1. The fourth-order valence-electron chi connectivity index (χ4n) is 2.21. The Bertz CT molecular complexity index is 382. The summed E-state index contributed by atoms with van der Waals surface area (Å²) in [7, 11) is -3.57. The highest BCUT2D eigenvalue weighted by atomic mass is 32.2. The number of amides is 1. The minimum Gasteiger partial charge on any atom is -0.380 e. The first-order valence-corrected chi connectivity index (χ1v) is 7.86. The molecule has 0 aliphatic carbocycles. The summed E-state index contributed by atoms with van der Waals surface area (Å²) in [5, 5.41) is -0.593. The number of rotatable bonds is 5. The van der Waals surface area contributed by atoms with Gasteiger partial charge in [-0.2, -0.15) is 0 Å². The number of hydrogen-bond acceptors (Lipinski definition) is 5. The Balaban J connectivity index is 1.75. The van der Waals surface area contributed by atoms with Crippen LogP contribution >= 0.6 is 0 Å². The third-order valence-corrected chi connectivity index (χ3v) is 5.06. The molecule has 2 saturated heterocycles. The van der Waals surface area contributed by atoms with E-state index in [0.717, 1.165) is 19.4 Å². The van der Waals surface area contributed by atoms with Gasteiger partial charge in [-0.3, -0.25) is 9.52 Å². The largest absolute Gasteiger partial charge is 0.380 e. The summed E-state index contributed by atoms with van der Waals surface area (Å²) in [6, 6.07) is 0. The molecule has 1 amide bonds. The molecule has 0 saturated carbocycles. The molecule has 0 aromatic carbocycles. The molecule has 2 rings (SSSR count). The zero-order chi connectivity index (χ0) is 13.0. The molecule has 0 spiro atoms. The quantitative estimate of drug-likeness (QED) is 0.775. The smallest absolute Gasteiger partial charge is 0.240 e. The first-order chi connectivity index (χ1) is 8.58. The lowest BCUT2D eigenvalue weighted by Gasteiger charge is -2.12. The topological polar surface area (TPSA) is 81.7 Å². The van der Waals surface area contributed by atoms with Crippen molar-refractivity contribution in [1.29, 1.82) is 0 Å². The van der Waals surface area contributed by atoms with Gasteiger partial charge in [0.25, 0.3) is 0 Å². The van der Waals surface area contributed by atoms with Crippen LogP contribution in [0, 0.1) is 0 Å². The maximum absolute atomic E-state index is 11.8. The second-order valence-electron chi connectivity index (χ2n) is 4.73. The zero-order valence-electron chi connectivity index (χ0n) is 10.3. The summed E-state index contributed by atoms with van der Waals surface area (Å²) < 4.78 is 36.1. The van der Waals surface area contributed by atoms with E-state index in [9.17, 15) is 13.2 Å². The Morgan fingerprint density at radius 1 is 1.28 bits per heavy atom. The van der Waals surface area contributed by atoms with Crippen molar-refractivity contribution in [2.75, 3.05) is 19.8 Å². The van der Waals surface area contributed by atoms with Gasteiger partial charge in [0.1, 0.15) is 5.25 Å². The summed E-state index contributed by atoms with van der Waals surface area (Å²) in [6.45, 7) is 1.36. The lowest BCUT2D eigenvalue weighted by atomic mass is 10.1. The molecule has 2 aliphatic rings. The third kappa shape index (κ3) is 3.66. The number of carbonyl (C=O) groups excluding carboxylic acids is 1. The Morgan fingerprint density at radius 2 is 2.11 bits per heavy atom. The number of sulfonamides is 1. The summed E-state index contributed by atoms with van der Waals surface area (Å²) in [4.78, 5) is 11.6. The Hall–Kier alpha value is -0.660. The molecule has 0 aromatic heterocycles. The maximum atomic E-state index is 11.8. The molecule has 2 atom stereocenters. The average Bonchev–Trinajstić information content (AvgIpc) is 2.99. The molecular weight excluding hydrogens is 258 g/mol. The second kappa shape index (κ2) is 5.99. The van der Waals surface area contributed by atoms with Crippen LogP contribution in [0.4, 0.5) is 0 Å². The van der Waals surface area contributed by atoms with E-state index in [1.807, 2.05) is 0 Å². The molecule has 2 unspecified atom stereocenters. The van der Waals surface area contributed by atoms with E-state index in [4.69, 9.17) is 9.47 Å². The lowest BCUT2D eigenvalue weighted by Crippen LogP contribution is -2.38. The van der Waals surface area contributed by atoms with Gasteiger partial charge < -0.3 is 9.47 Å². The van der Waals surface area contributed by atoms with Crippen molar-refractivity contribution in [3.05, 3.63) is 0 Å². The van der Waals surface area contributed by atoms with E-state index >= 15 is 0 Å². The van der Waals surface area contributed by atoms with E-state index < -0.39 is 21.2 Å². The molecular formula is C11H19NO5S. The van der Waals surface area contributed by atoms with Crippen LogP contribution in [-0.2, 0) is 24.3 Å². The summed E-state index contributed by atoms with van der Waals surface area (Å²) >= 11 is 0. The molecule has 2 aliphatic heterocycles. The monoisotopic (exact) mass is 277 g/mol. The zero-order valence-corrected chi connectivity index (χ0v) is 11.1. The van der Waals surface area contributed by atoms with Gasteiger partial charge in [-0.05, 0) is 25.7 Å². The van der Waals surface area contributed by atoms with Crippen molar-refractivity contribution in [2.45, 2.75) is 43.5 Å². The second-order valence-corrected chi connectivity index (χ2v) is 6.69. The van der Waals surface area contributed by atoms with E-state index in [-0.39, 0.29) is 19.1 Å². The van der Waals surface area contributed by atoms with Crippen molar-refractivity contribution < 1.29 is 22.7 Å². The molecule has 0 radical (unpaired) electrons. The Kier molecular flexibility index (Phi) is 4.58. The van der Waals surface area contributed by atoms with Crippen LogP contribution in [0.1, 0.15) is 32.1 Å². The standard InChI is InChI=1S/C11H19NO5S/c13-11(4-3-9-2-1-6-17-9)12-18(14,15)10-5-7-16-8-10/h9-10H,1-8H2,(H,12,13). The van der Waals surface area contributed by atoms with Crippen molar-refractivity contribution >= 4 is 15.9 Å². The van der Waals surface area contributed by atoms with Gasteiger partial charge in [-0.15, -0.1) is 0 Å². The number of ether oxygens (including phenoxy) is 2. The fourth-order valence-corrected chi connectivity index (χ4v) is 3.48. The Morgan fingerprint density at radius 3 is 2.72 bits per heavy atom. The van der Waals surface area contributed by atoms with E-state index in [0.29, 0.717) is 19.4 Å². The summed E-state index contributed by atoms with van der Waals surface area (Å²) in [5.74, 6) is -0.447. The third-order valence-electron chi connectivity index (χ3n) is 3.30. The molecule has 104 valence electrons. The van der Waals surface area contributed by atoms with Crippen LogP contribution in [0.3, 0.4) is 0 Å². The van der Waals surface area contributed by atoms with Crippen LogP contribution in [0.15, 0.2) is 0 Å². The van der Waals surface area contributed by atoms with Crippen LogP contribution in [0.25, 0.3) is 0 Å². The van der Waals surface area contributed by atoms with E-state index in [2.05, 4.69) is 4.72 Å². The highest BCUT2D eigenvalue weighted by Gasteiger charge is 2.31. The molecule has 6 nitrogen and oxygen atoms in total. The van der Waals surface area contributed by atoms with Gasteiger partial charge in [0.2, 0.25) is 15.9 Å². The van der Waals surface area contributed by atoms with Crippen molar-refractivity contribution in [2.24, 2.45) is 0 Å². The highest BCUT2D eigenvalue weighted by molar-refractivity contribution is 7.90. The fraction of sp³-hybridized carbons (Fsp3) is 0.909.